The van der Waals surface area contributed by atoms with Crippen molar-refractivity contribution in [2.75, 3.05) is 13.1 Å². The summed E-state index contributed by atoms with van der Waals surface area (Å²) in [5, 5.41) is 0. The van der Waals surface area contributed by atoms with E-state index in [0.29, 0.717) is 0 Å². The molecule has 1 aromatic carbocycles. The highest BCUT2D eigenvalue weighted by Crippen LogP contribution is 2.31. The quantitative estimate of drug-likeness (QED) is 0.583. The average molecular weight is 280 g/mol. The van der Waals surface area contributed by atoms with Gasteiger partial charge < -0.3 is 4.90 Å². The zero-order valence-electron chi connectivity index (χ0n) is 9.26. The Hall–Kier alpha value is -0.650. The minimum Gasteiger partial charge on any atom is -0.357 e. The van der Waals surface area contributed by atoms with E-state index in [1.165, 1.54) is 17.5 Å². The number of rotatable bonds is 1. The van der Waals surface area contributed by atoms with Gasteiger partial charge in [-0.25, -0.2) is 4.98 Å². The predicted octanol–water partition coefficient (Wildman–Crippen LogP) is 3.77. The molecule has 0 aliphatic carbocycles. The molecule has 0 saturated carbocycles. The number of aromatic nitrogens is 1. The fourth-order valence-corrected chi connectivity index (χ4v) is 4.49. The fourth-order valence-electron chi connectivity index (χ4n) is 1.93. The van der Waals surface area contributed by atoms with Gasteiger partial charge in [0.05, 0.1) is 10.2 Å². The number of fused-ring (bicyclic) bond motifs is 1. The van der Waals surface area contributed by atoms with Crippen molar-refractivity contribution < 1.29 is 0 Å². The highest BCUT2D eigenvalue weighted by Gasteiger charge is 2.17. The van der Waals surface area contributed by atoms with Gasteiger partial charge in [-0.2, -0.15) is 0 Å². The van der Waals surface area contributed by atoms with E-state index < -0.39 is 0 Å². The van der Waals surface area contributed by atoms with E-state index in [1.807, 2.05) is 12.1 Å². The van der Waals surface area contributed by atoms with Crippen LogP contribution >= 0.6 is 35.3 Å². The van der Waals surface area contributed by atoms with Crippen LogP contribution in [0.3, 0.4) is 0 Å². The van der Waals surface area contributed by atoms with Gasteiger partial charge >= 0.3 is 0 Å². The van der Waals surface area contributed by atoms with E-state index in [1.54, 1.807) is 23.1 Å². The zero-order chi connectivity index (χ0) is 11.7. The Kier molecular flexibility index (Phi) is 3.31. The van der Waals surface area contributed by atoms with E-state index in [9.17, 15) is 0 Å². The summed E-state index contributed by atoms with van der Waals surface area (Å²) in [4.78, 5) is 6.88. The van der Waals surface area contributed by atoms with Crippen LogP contribution < -0.4 is 0 Å². The largest absolute Gasteiger partial charge is 0.357 e. The first-order valence-electron chi connectivity index (χ1n) is 5.65. The summed E-state index contributed by atoms with van der Waals surface area (Å²) >= 11 is 8.81. The minimum absolute atomic E-state index is 0.974. The molecular weight excluding hydrogens is 268 g/mol. The maximum Gasteiger partial charge on any atom is 0.158 e. The van der Waals surface area contributed by atoms with Crippen LogP contribution in [0.2, 0.25) is 0 Å². The minimum atomic E-state index is 0.974. The Morgan fingerprint density at radius 2 is 2.06 bits per heavy atom. The van der Waals surface area contributed by atoms with Crippen molar-refractivity contribution in [3.8, 4) is 0 Å². The smallest absolute Gasteiger partial charge is 0.158 e. The van der Waals surface area contributed by atoms with Crippen LogP contribution in [-0.4, -0.2) is 27.3 Å². The Morgan fingerprint density at radius 3 is 2.82 bits per heavy atom. The van der Waals surface area contributed by atoms with Gasteiger partial charge in [0, 0.05) is 13.1 Å². The lowest BCUT2D eigenvalue weighted by molar-refractivity contribution is 0.539. The van der Waals surface area contributed by atoms with E-state index >= 15 is 0 Å². The molecule has 1 aliphatic heterocycles. The van der Waals surface area contributed by atoms with Crippen LogP contribution in [0.25, 0.3) is 10.2 Å². The number of hydrogen-bond donors (Lipinski definition) is 0. The van der Waals surface area contributed by atoms with Gasteiger partial charge in [0.15, 0.2) is 4.34 Å². The van der Waals surface area contributed by atoms with Crippen LogP contribution in [0.15, 0.2) is 28.6 Å². The van der Waals surface area contributed by atoms with E-state index in [2.05, 4.69) is 22.0 Å². The number of para-hydroxylation sites is 1. The maximum absolute atomic E-state index is 5.46. The normalized spacial score (nSPS) is 15.6. The highest BCUT2D eigenvalue weighted by molar-refractivity contribution is 8.23. The second-order valence-corrected chi connectivity index (χ2v) is 6.92. The lowest BCUT2D eigenvalue weighted by Gasteiger charge is -2.16. The summed E-state index contributed by atoms with van der Waals surface area (Å²) in [7, 11) is 0. The van der Waals surface area contributed by atoms with Crippen LogP contribution in [-0.2, 0) is 0 Å². The number of nitrogens with zero attached hydrogens (tertiary/aromatic N) is 2. The SMILES string of the molecule is S=C(Sc1nc2ccccc2s1)N1CCCC1. The third-order valence-electron chi connectivity index (χ3n) is 2.81. The molecule has 5 heteroatoms. The summed E-state index contributed by atoms with van der Waals surface area (Å²) in [6.07, 6.45) is 2.53. The van der Waals surface area contributed by atoms with Crippen molar-refractivity contribution in [3.05, 3.63) is 24.3 Å². The molecule has 0 N–H and O–H groups in total. The summed E-state index contributed by atoms with van der Waals surface area (Å²) in [6, 6.07) is 8.23. The average Bonchev–Trinajstić information content (AvgIpc) is 2.97. The molecule has 17 heavy (non-hydrogen) atoms. The van der Waals surface area contributed by atoms with Crippen molar-refractivity contribution in [2.45, 2.75) is 17.2 Å². The summed E-state index contributed by atoms with van der Waals surface area (Å²) < 4.78 is 3.27. The fraction of sp³-hybridized carbons (Fsp3) is 0.333. The molecule has 88 valence electrons. The lowest BCUT2D eigenvalue weighted by Crippen LogP contribution is -2.22. The third-order valence-corrected chi connectivity index (χ3v) is 5.35. The van der Waals surface area contributed by atoms with Gasteiger partial charge in [-0.15, -0.1) is 11.3 Å². The van der Waals surface area contributed by atoms with Crippen molar-refractivity contribution in [1.82, 2.24) is 9.88 Å². The van der Waals surface area contributed by atoms with Crippen LogP contribution in [0.5, 0.6) is 0 Å². The van der Waals surface area contributed by atoms with Gasteiger partial charge in [0.1, 0.15) is 4.32 Å². The molecule has 2 heterocycles. The molecule has 0 amide bonds. The Bertz CT molecular complexity index is 510. The first-order chi connectivity index (χ1) is 8.33. The Balaban J connectivity index is 1.77. The van der Waals surface area contributed by atoms with Crippen molar-refractivity contribution in [2.24, 2.45) is 0 Å². The van der Waals surface area contributed by atoms with E-state index in [4.69, 9.17) is 12.2 Å². The molecule has 0 bridgehead atoms. The van der Waals surface area contributed by atoms with Crippen molar-refractivity contribution >= 4 is 49.9 Å². The first kappa shape index (κ1) is 11.4. The molecule has 0 unspecified atom stereocenters. The molecule has 1 aromatic heterocycles. The number of benzene rings is 1. The van der Waals surface area contributed by atoms with Crippen LogP contribution in [0, 0.1) is 0 Å². The zero-order valence-corrected chi connectivity index (χ0v) is 11.7. The monoisotopic (exact) mass is 280 g/mol. The molecule has 1 aliphatic rings. The molecule has 0 radical (unpaired) electrons. The van der Waals surface area contributed by atoms with Gasteiger partial charge in [-0.05, 0) is 36.7 Å². The van der Waals surface area contributed by atoms with E-state index in [-0.39, 0.29) is 0 Å². The Morgan fingerprint density at radius 1 is 1.29 bits per heavy atom. The number of thioether (sulfide) groups is 1. The van der Waals surface area contributed by atoms with Crippen molar-refractivity contribution in [3.63, 3.8) is 0 Å². The molecule has 1 saturated heterocycles. The van der Waals surface area contributed by atoms with Crippen LogP contribution in [0.4, 0.5) is 0 Å². The molecule has 1 fully saturated rings. The number of hydrogen-bond acceptors (Lipinski definition) is 4. The predicted molar refractivity (Wildman–Crippen MR) is 78.9 cm³/mol. The van der Waals surface area contributed by atoms with Gasteiger partial charge in [0.2, 0.25) is 0 Å². The van der Waals surface area contributed by atoms with Gasteiger partial charge in [-0.3, -0.25) is 0 Å². The molecule has 3 rings (SSSR count). The van der Waals surface area contributed by atoms with Crippen LogP contribution in [0.1, 0.15) is 12.8 Å². The summed E-state index contributed by atoms with van der Waals surface area (Å²) in [6.45, 7) is 2.22. The maximum atomic E-state index is 5.46. The molecule has 0 atom stereocenters. The summed E-state index contributed by atoms with van der Waals surface area (Å²) in [5.41, 5.74) is 1.07. The topological polar surface area (TPSA) is 16.1 Å². The molecule has 2 nitrogen and oxygen atoms in total. The molecular formula is C12H12N2S3. The Labute approximate surface area is 114 Å². The number of thiazole rings is 1. The lowest BCUT2D eigenvalue weighted by atomic mass is 10.3. The van der Waals surface area contributed by atoms with Gasteiger partial charge in [0.25, 0.3) is 0 Å². The third kappa shape index (κ3) is 2.46. The molecule has 0 spiro atoms. The number of likely N-dealkylation sites (tertiary alicyclic amines) is 1. The van der Waals surface area contributed by atoms with E-state index in [0.717, 1.165) is 27.3 Å². The second kappa shape index (κ2) is 4.92. The second-order valence-electron chi connectivity index (χ2n) is 4.01. The summed E-state index contributed by atoms with van der Waals surface area (Å²) in [5.74, 6) is 0. The van der Waals surface area contributed by atoms with Crippen molar-refractivity contribution in [1.29, 1.82) is 0 Å². The first-order valence-corrected chi connectivity index (χ1v) is 7.69. The van der Waals surface area contributed by atoms with Gasteiger partial charge in [-0.1, -0.05) is 24.4 Å². The highest BCUT2D eigenvalue weighted by atomic mass is 32.2. The number of thiocarbonyl (C=S) groups is 1. The molecule has 2 aromatic rings. The standard InChI is InChI=1S/C12H12N2S3/c15-12(14-7-3-4-8-14)17-11-13-9-5-1-2-6-10(9)16-11/h1-2,5-6H,3-4,7-8H2.